The molecule has 0 aliphatic heterocycles. The van der Waals surface area contributed by atoms with Gasteiger partial charge in [-0.25, -0.2) is 0 Å². The molecule has 0 aliphatic rings. The number of thiol groups is 1. The van der Waals surface area contributed by atoms with Crippen LogP contribution in [0.3, 0.4) is 0 Å². The third-order valence-corrected chi connectivity index (χ3v) is 2.03. The summed E-state index contributed by atoms with van der Waals surface area (Å²) in [5, 5.41) is 0. The van der Waals surface area contributed by atoms with Crippen molar-refractivity contribution in [2.75, 3.05) is 12.9 Å². The van der Waals surface area contributed by atoms with E-state index in [1.54, 1.807) is 20.8 Å². The molecule has 88 valence electrons. The first-order valence-corrected chi connectivity index (χ1v) is 5.34. The molecule has 15 heavy (non-hydrogen) atoms. The van der Waals surface area contributed by atoms with Gasteiger partial charge in [-0.1, -0.05) is 0 Å². The maximum atomic E-state index is 11.4. The molecule has 0 aliphatic carbocycles. The van der Waals surface area contributed by atoms with Gasteiger partial charge in [0.2, 0.25) is 0 Å². The lowest BCUT2D eigenvalue weighted by molar-refractivity contribution is -0.160. The Labute approximate surface area is 95.7 Å². The third-order valence-electron chi connectivity index (χ3n) is 1.59. The van der Waals surface area contributed by atoms with Crippen molar-refractivity contribution >= 4 is 24.6 Å². The predicted molar refractivity (Wildman–Crippen MR) is 59.8 cm³/mol. The molecule has 0 radical (unpaired) electrons. The van der Waals surface area contributed by atoms with Crippen molar-refractivity contribution in [2.45, 2.75) is 32.8 Å². The monoisotopic (exact) mass is 234 g/mol. The molecule has 4 nitrogen and oxygen atoms in total. The summed E-state index contributed by atoms with van der Waals surface area (Å²) >= 11 is 3.99. The maximum absolute atomic E-state index is 11.4. The molecule has 0 bridgehead atoms. The van der Waals surface area contributed by atoms with Crippen LogP contribution in [0.5, 0.6) is 0 Å². The highest BCUT2D eigenvalue weighted by Gasteiger charge is 2.24. The first-order chi connectivity index (χ1) is 6.80. The summed E-state index contributed by atoms with van der Waals surface area (Å²) in [7, 11) is 1.29. The summed E-state index contributed by atoms with van der Waals surface area (Å²) < 4.78 is 9.62. The minimum Gasteiger partial charge on any atom is -0.469 e. The molecule has 0 heterocycles. The average molecular weight is 234 g/mol. The number of carbonyl (C=O) groups is 2. The standard InChI is InChI=1S/C10H18O4S/c1-10(2,3)14-8(11)5-7(6-15)9(12)13-4/h7,15H,5-6H2,1-4H3. The van der Waals surface area contributed by atoms with Gasteiger partial charge >= 0.3 is 11.9 Å². The zero-order valence-electron chi connectivity index (χ0n) is 9.57. The normalized spacial score (nSPS) is 13.1. The molecule has 0 aromatic rings. The van der Waals surface area contributed by atoms with E-state index in [1.807, 2.05) is 0 Å². The minimum absolute atomic E-state index is 0.00738. The van der Waals surface area contributed by atoms with Crippen LogP contribution >= 0.6 is 12.6 Å². The van der Waals surface area contributed by atoms with E-state index in [2.05, 4.69) is 17.4 Å². The smallest absolute Gasteiger partial charge is 0.310 e. The molecule has 1 atom stereocenters. The number of hydrogen-bond acceptors (Lipinski definition) is 5. The van der Waals surface area contributed by atoms with Crippen LogP contribution in [-0.4, -0.2) is 30.4 Å². The Bertz CT molecular complexity index is 232. The van der Waals surface area contributed by atoms with E-state index in [0.717, 1.165) is 0 Å². The average Bonchev–Trinajstić information content (AvgIpc) is 2.10. The van der Waals surface area contributed by atoms with Gasteiger partial charge < -0.3 is 9.47 Å². The van der Waals surface area contributed by atoms with Gasteiger partial charge in [0.25, 0.3) is 0 Å². The Morgan fingerprint density at radius 1 is 1.33 bits per heavy atom. The van der Waals surface area contributed by atoms with Crippen LogP contribution in [0.2, 0.25) is 0 Å². The van der Waals surface area contributed by atoms with E-state index in [1.165, 1.54) is 7.11 Å². The second-order valence-electron chi connectivity index (χ2n) is 4.19. The number of carbonyl (C=O) groups excluding carboxylic acids is 2. The lowest BCUT2D eigenvalue weighted by Crippen LogP contribution is -2.28. The van der Waals surface area contributed by atoms with E-state index >= 15 is 0 Å². The maximum Gasteiger partial charge on any atom is 0.310 e. The zero-order valence-corrected chi connectivity index (χ0v) is 10.5. The molecule has 0 amide bonds. The van der Waals surface area contributed by atoms with Gasteiger partial charge in [-0.15, -0.1) is 0 Å². The highest BCUT2D eigenvalue weighted by atomic mass is 32.1. The highest BCUT2D eigenvalue weighted by molar-refractivity contribution is 7.80. The summed E-state index contributed by atoms with van der Waals surface area (Å²) in [4.78, 5) is 22.5. The molecule has 0 aromatic heterocycles. The number of methoxy groups -OCH3 is 1. The third kappa shape index (κ3) is 6.38. The van der Waals surface area contributed by atoms with Gasteiger partial charge in [0.15, 0.2) is 0 Å². The summed E-state index contributed by atoms with van der Waals surface area (Å²) in [6, 6.07) is 0. The number of ether oxygens (including phenoxy) is 2. The van der Waals surface area contributed by atoms with Crippen molar-refractivity contribution in [3.63, 3.8) is 0 Å². The van der Waals surface area contributed by atoms with E-state index in [-0.39, 0.29) is 12.2 Å². The van der Waals surface area contributed by atoms with Crippen LogP contribution in [0.25, 0.3) is 0 Å². The van der Waals surface area contributed by atoms with Crippen molar-refractivity contribution in [3.05, 3.63) is 0 Å². The quantitative estimate of drug-likeness (QED) is 0.590. The number of rotatable bonds is 4. The largest absolute Gasteiger partial charge is 0.469 e. The first kappa shape index (κ1) is 14.3. The fourth-order valence-corrected chi connectivity index (χ4v) is 1.25. The molecule has 0 saturated heterocycles. The van der Waals surface area contributed by atoms with E-state index in [9.17, 15) is 9.59 Å². The van der Waals surface area contributed by atoms with Crippen LogP contribution in [0, 0.1) is 5.92 Å². The lowest BCUT2D eigenvalue weighted by Gasteiger charge is -2.20. The zero-order chi connectivity index (χ0) is 12.1. The van der Waals surface area contributed by atoms with Crippen LogP contribution in [0.4, 0.5) is 0 Å². The summed E-state index contributed by atoms with van der Waals surface area (Å²) in [5.41, 5.74) is -0.533. The molecule has 5 heteroatoms. The highest BCUT2D eigenvalue weighted by Crippen LogP contribution is 2.13. The summed E-state index contributed by atoms with van der Waals surface area (Å²) in [5.74, 6) is -1.11. The Morgan fingerprint density at radius 2 is 1.87 bits per heavy atom. The second kappa shape index (κ2) is 6.00. The Hall–Kier alpha value is -0.710. The summed E-state index contributed by atoms with van der Waals surface area (Å²) in [6.07, 6.45) is 0.00738. The second-order valence-corrected chi connectivity index (χ2v) is 4.56. The van der Waals surface area contributed by atoms with Crippen molar-refractivity contribution < 1.29 is 19.1 Å². The van der Waals surface area contributed by atoms with Crippen LogP contribution in [-0.2, 0) is 19.1 Å². The molecule has 0 saturated carbocycles. The number of hydrogen-bond donors (Lipinski definition) is 1. The Balaban J connectivity index is 4.20. The lowest BCUT2D eigenvalue weighted by atomic mass is 10.1. The topological polar surface area (TPSA) is 52.6 Å². The van der Waals surface area contributed by atoms with Gasteiger partial charge in [-0.2, -0.15) is 12.6 Å². The van der Waals surface area contributed by atoms with E-state index in [4.69, 9.17) is 4.74 Å². The van der Waals surface area contributed by atoms with Gasteiger partial charge in [0.05, 0.1) is 19.4 Å². The fraction of sp³-hybridized carbons (Fsp3) is 0.800. The molecule has 0 rings (SSSR count). The van der Waals surface area contributed by atoms with Gasteiger partial charge in [-0.3, -0.25) is 9.59 Å². The summed E-state index contributed by atoms with van der Waals surface area (Å²) in [6.45, 7) is 5.33. The molecule has 1 unspecified atom stereocenters. The van der Waals surface area contributed by atoms with E-state index < -0.39 is 23.5 Å². The molecule has 0 N–H and O–H groups in total. The minimum atomic E-state index is -0.534. The van der Waals surface area contributed by atoms with Crippen LogP contribution in [0.15, 0.2) is 0 Å². The fourth-order valence-electron chi connectivity index (χ4n) is 0.973. The van der Waals surface area contributed by atoms with Crippen LogP contribution in [0.1, 0.15) is 27.2 Å². The van der Waals surface area contributed by atoms with Crippen molar-refractivity contribution in [1.82, 2.24) is 0 Å². The van der Waals surface area contributed by atoms with Gasteiger partial charge in [0.1, 0.15) is 5.60 Å². The Morgan fingerprint density at radius 3 is 2.20 bits per heavy atom. The van der Waals surface area contributed by atoms with Crippen LogP contribution < -0.4 is 0 Å². The SMILES string of the molecule is COC(=O)C(CS)CC(=O)OC(C)(C)C. The molecule has 0 spiro atoms. The van der Waals surface area contributed by atoms with Gasteiger partial charge in [-0.05, 0) is 20.8 Å². The first-order valence-electron chi connectivity index (χ1n) is 4.70. The molecule has 0 fully saturated rings. The Kier molecular flexibility index (Phi) is 5.72. The number of esters is 2. The molecule has 0 aromatic carbocycles. The molecular weight excluding hydrogens is 216 g/mol. The molecular formula is C10H18O4S. The van der Waals surface area contributed by atoms with Crippen molar-refractivity contribution in [3.8, 4) is 0 Å². The van der Waals surface area contributed by atoms with Crippen molar-refractivity contribution in [1.29, 1.82) is 0 Å². The van der Waals surface area contributed by atoms with Crippen molar-refractivity contribution in [2.24, 2.45) is 5.92 Å². The van der Waals surface area contributed by atoms with Gasteiger partial charge in [0, 0.05) is 5.75 Å². The predicted octanol–water partition coefficient (Wildman–Crippen LogP) is 1.44. The van der Waals surface area contributed by atoms with E-state index in [0.29, 0.717) is 0 Å².